The first-order chi connectivity index (χ1) is 9.33. The SMILES string of the molecule is Cc1nnc2c3cc(-c4ccccc4)sc3ncn12. The first-order valence-electron chi connectivity index (χ1n) is 5.98. The van der Waals surface area contributed by atoms with E-state index < -0.39 is 0 Å². The van der Waals surface area contributed by atoms with Gasteiger partial charge in [0.1, 0.15) is 17.0 Å². The van der Waals surface area contributed by atoms with Gasteiger partial charge in [-0.25, -0.2) is 4.98 Å². The molecule has 0 atom stereocenters. The first kappa shape index (κ1) is 10.6. The van der Waals surface area contributed by atoms with Crippen LogP contribution in [0, 0.1) is 6.92 Å². The predicted octanol–water partition coefficient (Wildman–Crippen LogP) is 3.31. The third-order valence-corrected chi connectivity index (χ3v) is 4.26. The van der Waals surface area contributed by atoms with Crippen molar-refractivity contribution in [1.29, 1.82) is 0 Å². The van der Waals surface area contributed by atoms with Gasteiger partial charge in [0.2, 0.25) is 0 Å². The molecule has 0 radical (unpaired) electrons. The second-order valence-electron chi connectivity index (χ2n) is 4.38. The maximum atomic E-state index is 4.49. The van der Waals surface area contributed by atoms with Gasteiger partial charge in [0.15, 0.2) is 5.65 Å². The van der Waals surface area contributed by atoms with Gasteiger partial charge in [-0.1, -0.05) is 30.3 Å². The monoisotopic (exact) mass is 266 g/mol. The molecule has 0 amide bonds. The van der Waals surface area contributed by atoms with E-state index in [-0.39, 0.29) is 0 Å². The third kappa shape index (κ3) is 1.55. The molecule has 0 unspecified atom stereocenters. The summed E-state index contributed by atoms with van der Waals surface area (Å²) in [6.07, 6.45) is 1.79. The molecule has 4 nitrogen and oxygen atoms in total. The Balaban J connectivity index is 2.04. The van der Waals surface area contributed by atoms with Gasteiger partial charge in [-0.3, -0.25) is 4.40 Å². The minimum atomic E-state index is 0.858. The van der Waals surface area contributed by atoms with E-state index in [1.54, 1.807) is 17.7 Å². The van der Waals surface area contributed by atoms with Crippen LogP contribution in [0.4, 0.5) is 0 Å². The number of rotatable bonds is 1. The summed E-state index contributed by atoms with van der Waals surface area (Å²) in [6.45, 7) is 1.93. The van der Waals surface area contributed by atoms with E-state index in [4.69, 9.17) is 0 Å². The van der Waals surface area contributed by atoms with Crippen LogP contribution >= 0.6 is 11.3 Å². The zero-order valence-electron chi connectivity index (χ0n) is 10.2. The molecular weight excluding hydrogens is 256 g/mol. The molecule has 0 aliphatic carbocycles. The lowest BCUT2D eigenvalue weighted by Crippen LogP contribution is -1.89. The molecule has 4 aromatic rings. The summed E-state index contributed by atoms with van der Waals surface area (Å²) < 4.78 is 1.92. The van der Waals surface area contributed by atoms with E-state index in [1.165, 1.54) is 10.4 Å². The Hall–Kier alpha value is -2.27. The maximum absolute atomic E-state index is 4.49. The highest BCUT2D eigenvalue weighted by Crippen LogP contribution is 2.33. The summed E-state index contributed by atoms with van der Waals surface area (Å²) in [6, 6.07) is 12.5. The van der Waals surface area contributed by atoms with Gasteiger partial charge >= 0.3 is 0 Å². The van der Waals surface area contributed by atoms with Crippen LogP contribution in [0.5, 0.6) is 0 Å². The van der Waals surface area contributed by atoms with Crippen molar-refractivity contribution in [3.63, 3.8) is 0 Å². The van der Waals surface area contributed by atoms with Gasteiger partial charge in [0, 0.05) is 4.88 Å². The Morgan fingerprint density at radius 2 is 1.95 bits per heavy atom. The molecule has 0 fully saturated rings. The molecule has 4 rings (SSSR count). The molecule has 19 heavy (non-hydrogen) atoms. The molecule has 0 aliphatic rings. The molecule has 0 saturated heterocycles. The highest BCUT2D eigenvalue weighted by atomic mass is 32.1. The van der Waals surface area contributed by atoms with Crippen LogP contribution in [-0.2, 0) is 0 Å². The van der Waals surface area contributed by atoms with Gasteiger partial charge in [-0.2, -0.15) is 0 Å². The van der Waals surface area contributed by atoms with Gasteiger partial charge in [-0.05, 0) is 18.6 Å². The Labute approximate surface area is 113 Å². The van der Waals surface area contributed by atoms with Crippen molar-refractivity contribution < 1.29 is 0 Å². The normalized spacial score (nSPS) is 11.4. The predicted molar refractivity (Wildman–Crippen MR) is 76.3 cm³/mol. The topological polar surface area (TPSA) is 43.1 Å². The molecule has 92 valence electrons. The first-order valence-corrected chi connectivity index (χ1v) is 6.80. The Bertz CT molecular complexity index is 876. The summed E-state index contributed by atoms with van der Waals surface area (Å²) in [7, 11) is 0. The molecule has 3 aromatic heterocycles. The number of fused-ring (bicyclic) bond motifs is 3. The lowest BCUT2D eigenvalue weighted by atomic mass is 10.2. The Kier molecular flexibility index (Phi) is 2.16. The molecule has 0 bridgehead atoms. The fraction of sp³-hybridized carbons (Fsp3) is 0.0714. The third-order valence-electron chi connectivity index (χ3n) is 3.17. The van der Waals surface area contributed by atoms with Crippen molar-refractivity contribution in [2.45, 2.75) is 6.92 Å². The van der Waals surface area contributed by atoms with E-state index in [9.17, 15) is 0 Å². The highest BCUT2D eigenvalue weighted by Gasteiger charge is 2.11. The zero-order valence-corrected chi connectivity index (χ0v) is 11.1. The number of thiophene rings is 1. The van der Waals surface area contributed by atoms with Crippen molar-refractivity contribution in [2.75, 3.05) is 0 Å². The summed E-state index contributed by atoms with van der Waals surface area (Å²) in [5, 5.41) is 9.40. The van der Waals surface area contributed by atoms with E-state index >= 15 is 0 Å². The molecule has 0 spiro atoms. The van der Waals surface area contributed by atoms with Crippen molar-refractivity contribution in [3.05, 3.63) is 48.5 Å². The standard InChI is InChI=1S/C14H10N4S/c1-9-16-17-13-11-7-12(10-5-3-2-4-6-10)19-14(11)15-8-18(9)13/h2-8H,1H3. The average molecular weight is 266 g/mol. The van der Waals surface area contributed by atoms with Gasteiger partial charge in [0.05, 0.1) is 5.39 Å². The van der Waals surface area contributed by atoms with Gasteiger partial charge in [-0.15, -0.1) is 21.5 Å². The maximum Gasteiger partial charge on any atom is 0.172 e. The minimum absolute atomic E-state index is 0.858. The minimum Gasteiger partial charge on any atom is -0.269 e. The summed E-state index contributed by atoms with van der Waals surface area (Å²) in [5.41, 5.74) is 2.08. The lowest BCUT2D eigenvalue weighted by molar-refractivity contribution is 0.990. The van der Waals surface area contributed by atoms with E-state index in [0.29, 0.717) is 0 Å². The van der Waals surface area contributed by atoms with Crippen LogP contribution in [0.25, 0.3) is 26.3 Å². The molecule has 0 N–H and O–H groups in total. The number of aryl methyl sites for hydroxylation is 1. The fourth-order valence-corrected chi connectivity index (χ4v) is 3.18. The fourth-order valence-electron chi connectivity index (χ4n) is 2.18. The quantitative estimate of drug-likeness (QED) is 0.531. The summed E-state index contributed by atoms with van der Waals surface area (Å²) >= 11 is 1.68. The van der Waals surface area contributed by atoms with E-state index in [0.717, 1.165) is 21.7 Å². The van der Waals surface area contributed by atoms with E-state index in [2.05, 4.69) is 33.4 Å². The molecule has 1 aromatic carbocycles. The van der Waals surface area contributed by atoms with Crippen LogP contribution in [0.2, 0.25) is 0 Å². The second-order valence-corrected chi connectivity index (χ2v) is 5.41. The molecule has 5 heteroatoms. The summed E-state index contributed by atoms with van der Waals surface area (Å²) in [5.74, 6) is 0.858. The number of hydrogen-bond acceptors (Lipinski definition) is 4. The Morgan fingerprint density at radius 1 is 1.11 bits per heavy atom. The number of hydrogen-bond donors (Lipinski definition) is 0. The van der Waals surface area contributed by atoms with Crippen LogP contribution in [0.1, 0.15) is 5.82 Å². The van der Waals surface area contributed by atoms with Crippen molar-refractivity contribution in [3.8, 4) is 10.4 Å². The second kappa shape index (κ2) is 3.86. The molecular formula is C14H10N4S. The van der Waals surface area contributed by atoms with E-state index in [1.807, 2.05) is 29.5 Å². The largest absolute Gasteiger partial charge is 0.269 e. The zero-order chi connectivity index (χ0) is 12.8. The van der Waals surface area contributed by atoms with Crippen LogP contribution in [0.3, 0.4) is 0 Å². The van der Waals surface area contributed by atoms with Crippen molar-refractivity contribution in [1.82, 2.24) is 19.6 Å². The van der Waals surface area contributed by atoms with Crippen LogP contribution in [-0.4, -0.2) is 19.6 Å². The van der Waals surface area contributed by atoms with Crippen molar-refractivity contribution >= 4 is 27.2 Å². The van der Waals surface area contributed by atoms with Crippen LogP contribution in [0.15, 0.2) is 42.7 Å². The average Bonchev–Trinajstić information content (AvgIpc) is 3.03. The van der Waals surface area contributed by atoms with Crippen LogP contribution < -0.4 is 0 Å². The summed E-state index contributed by atoms with van der Waals surface area (Å²) in [4.78, 5) is 6.69. The number of aromatic nitrogens is 4. The molecule has 0 saturated carbocycles. The molecule has 3 heterocycles. The number of benzene rings is 1. The van der Waals surface area contributed by atoms with Crippen molar-refractivity contribution in [2.24, 2.45) is 0 Å². The van der Waals surface area contributed by atoms with Gasteiger partial charge < -0.3 is 0 Å². The number of nitrogens with zero attached hydrogens (tertiary/aromatic N) is 4. The van der Waals surface area contributed by atoms with Gasteiger partial charge in [0.25, 0.3) is 0 Å². The highest BCUT2D eigenvalue weighted by molar-refractivity contribution is 7.21. The Morgan fingerprint density at radius 3 is 2.79 bits per heavy atom. The smallest absolute Gasteiger partial charge is 0.172 e. The lowest BCUT2D eigenvalue weighted by Gasteiger charge is -1.93. The molecule has 0 aliphatic heterocycles.